The van der Waals surface area contributed by atoms with E-state index in [-0.39, 0.29) is 0 Å². The molecule has 1 fully saturated rings. The van der Waals surface area contributed by atoms with Crippen molar-refractivity contribution in [1.29, 1.82) is 0 Å². The molecule has 0 unspecified atom stereocenters. The second-order valence-electron chi connectivity index (χ2n) is 4.20. The minimum atomic E-state index is 0.324. The van der Waals surface area contributed by atoms with Crippen LogP contribution < -0.4 is 19.9 Å². The van der Waals surface area contributed by atoms with E-state index in [0.29, 0.717) is 36.5 Å². The molecule has 4 heteroatoms. The standard InChI is InChI=1S/C12H15NO3/c13-9-6-11-12(15-5-4-14-11)7-10(9)16-8-2-1-3-8/h6-8H,1-5,13H2. The number of anilines is 1. The SMILES string of the molecule is Nc1cc2c(cc1OC1CCC1)OCCO2. The van der Waals surface area contributed by atoms with Crippen LogP contribution in [-0.4, -0.2) is 19.3 Å². The molecule has 1 heterocycles. The summed E-state index contributed by atoms with van der Waals surface area (Å²) in [5, 5.41) is 0. The molecule has 16 heavy (non-hydrogen) atoms. The Labute approximate surface area is 94.3 Å². The molecule has 86 valence electrons. The monoisotopic (exact) mass is 221 g/mol. The molecule has 0 atom stereocenters. The number of benzene rings is 1. The summed E-state index contributed by atoms with van der Waals surface area (Å²) in [6.45, 7) is 1.16. The van der Waals surface area contributed by atoms with Crippen molar-refractivity contribution in [3.05, 3.63) is 12.1 Å². The van der Waals surface area contributed by atoms with Crippen molar-refractivity contribution in [3.8, 4) is 17.2 Å². The molecule has 2 aliphatic rings. The van der Waals surface area contributed by atoms with E-state index in [1.54, 1.807) is 6.07 Å². The van der Waals surface area contributed by atoms with Crippen LogP contribution in [0.1, 0.15) is 19.3 Å². The zero-order valence-corrected chi connectivity index (χ0v) is 9.07. The molecule has 0 aromatic heterocycles. The van der Waals surface area contributed by atoms with Crippen molar-refractivity contribution in [2.75, 3.05) is 18.9 Å². The fraction of sp³-hybridized carbons (Fsp3) is 0.500. The smallest absolute Gasteiger partial charge is 0.165 e. The van der Waals surface area contributed by atoms with E-state index in [1.165, 1.54) is 6.42 Å². The first-order chi connectivity index (χ1) is 7.83. The van der Waals surface area contributed by atoms with Crippen LogP contribution in [0.25, 0.3) is 0 Å². The third-order valence-corrected chi connectivity index (χ3v) is 3.02. The maximum Gasteiger partial charge on any atom is 0.165 e. The van der Waals surface area contributed by atoms with Gasteiger partial charge in [0.05, 0.1) is 11.8 Å². The number of hydrogen-bond acceptors (Lipinski definition) is 4. The van der Waals surface area contributed by atoms with Gasteiger partial charge in [0.25, 0.3) is 0 Å². The summed E-state index contributed by atoms with van der Waals surface area (Å²) in [4.78, 5) is 0. The zero-order valence-electron chi connectivity index (χ0n) is 9.07. The van der Waals surface area contributed by atoms with Gasteiger partial charge >= 0.3 is 0 Å². The lowest BCUT2D eigenvalue weighted by Crippen LogP contribution is -2.25. The highest BCUT2D eigenvalue weighted by Gasteiger charge is 2.22. The van der Waals surface area contributed by atoms with E-state index in [9.17, 15) is 0 Å². The van der Waals surface area contributed by atoms with Crippen LogP contribution in [0.2, 0.25) is 0 Å². The topological polar surface area (TPSA) is 53.7 Å². The Morgan fingerprint density at radius 3 is 2.44 bits per heavy atom. The second kappa shape index (κ2) is 3.77. The fourth-order valence-electron chi connectivity index (χ4n) is 1.86. The van der Waals surface area contributed by atoms with Crippen LogP contribution in [0.3, 0.4) is 0 Å². The van der Waals surface area contributed by atoms with Gasteiger partial charge in [0.15, 0.2) is 11.5 Å². The largest absolute Gasteiger partial charge is 0.488 e. The van der Waals surface area contributed by atoms with E-state index < -0.39 is 0 Å². The summed E-state index contributed by atoms with van der Waals surface area (Å²) in [5.41, 5.74) is 6.53. The highest BCUT2D eigenvalue weighted by molar-refractivity contribution is 5.62. The minimum absolute atomic E-state index is 0.324. The Kier molecular flexibility index (Phi) is 2.27. The molecule has 2 N–H and O–H groups in total. The first-order valence-corrected chi connectivity index (χ1v) is 5.69. The molecule has 0 amide bonds. The Bertz CT molecular complexity index is 401. The van der Waals surface area contributed by atoms with Crippen LogP contribution in [0, 0.1) is 0 Å². The molecule has 0 radical (unpaired) electrons. The van der Waals surface area contributed by atoms with Gasteiger partial charge in [-0.2, -0.15) is 0 Å². The summed E-state index contributed by atoms with van der Waals surface area (Å²) in [6, 6.07) is 3.62. The molecule has 3 rings (SSSR count). The lowest BCUT2D eigenvalue weighted by molar-refractivity contribution is 0.119. The van der Waals surface area contributed by atoms with E-state index in [4.69, 9.17) is 19.9 Å². The lowest BCUT2D eigenvalue weighted by Gasteiger charge is -2.28. The third kappa shape index (κ3) is 1.64. The van der Waals surface area contributed by atoms with Crippen molar-refractivity contribution in [2.24, 2.45) is 0 Å². The van der Waals surface area contributed by atoms with E-state index in [0.717, 1.165) is 18.6 Å². The predicted molar refractivity (Wildman–Crippen MR) is 60.1 cm³/mol. The zero-order chi connectivity index (χ0) is 11.0. The number of rotatable bonds is 2. The average molecular weight is 221 g/mol. The van der Waals surface area contributed by atoms with Gasteiger partial charge in [-0.1, -0.05) is 0 Å². The van der Waals surface area contributed by atoms with Crippen LogP contribution in [-0.2, 0) is 0 Å². The number of fused-ring (bicyclic) bond motifs is 1. The van der Waals surface area contributed by atoms with Gasteiger partial charge in [-0.05, 0) is 19.3 Å². The predicted octanol–water partition coefficient (Wildman–Crippen LogP) is 1.97. The summed E-state index contributed by atoms with van der Waals surface area (Å²) in [5.74, 6) is 2.16. The normalized spacial score (nSPS) is 19.0. The van der Waals surface area contributed by atoms with Gasteiger partial charge in [-0.15, -0.1) is 0 Å². The Balaban J connectivity index is 1.86. The molecule has 1 aliphatic heterocycles. The number of nitrogen functional groups attached to an aromatic ring is 1. The highest BCUT2D eigenvalue weighted by atomic mass is 16.6. The summed E-state index contributed by atoms with van der Waals surface area (Å²) < 4.78 is 16.7. The van der Waals surface area contributed by atoms with Gasteiger partial charge in [-0.3, -0.25) is 0 Å². The van der Waals surface area contributed by atoms with E-state index >= 15 is 0 Å². The van der Waals surface area contributed by atoms with Gasteiger partial charge < -0.3 is 19.9 Å². The average Bonchev–Trinajstić information content (AvgIpc) is 2.23. The Morgan fingerprint density at radius 1 is 1.12 bits per heavy atom. The van der Waals surface area contributed by atoms with Crippen molar-refractivity contribution >= 4 is 5.69 Å². The summed E-state index contributed by atoms with van der Waals surface area (Å²) >= 11 is 0. The van der Waals surface area contributed by atoms with Crippen molar-refractivity contribution < 1.29 is 14.2 Å². The maximum atomic E-state index is 5.91. The van der Waals surface area contributed by atoms with Gasteiger partial charge in [0, 0.05) is 12.1 Å². The molecule has 4 nitrogen and oxygen atoms in total. The number of nitrogens with two attached hydrogens (primary N) is 1. The molecule has 0 spiro atoms. The maximum absolute atomic E-state index is 5.91. The van der Waals surface area contributed by atoms with Crippen molar-refractivity contribution in [3.63, 3.8) is 0 Å². The minimum Gasteiger partial charge on any atom is -0.488 e. The molecular weight excluding hydrogens is 206 g/mol. The quantitative estimate of drug-likeness (QED) is 0.776. The molecule has 1 aliphatic carbocycles. The number of hydrogen-bond donors (Lipinski definition) is 1. The molecular formula is C12H15NO3. The molecule has 1 aromatic rings. The van der Waals surface area contributed by atoms with Gasteiger partial charge in [-0.25, -0.2) is 0 Å². The second-order valence-corrected chi connectivity index (χ2v) is 4.20. The highest BCUT2D eigenvalue weighted by Crippen LogP contribution is 2.39. The van der Waals surface area contributed by atoms with Gasteiger partial charge in [0.2, 0.25) is 0 Å². The van der Waals surface area contributed by atoms with Crippen molar-refractivity contribution in [1.82, 2.24) is 0 Å². The van der Waals surface area contributed by atoms with Crippen LogP contribution in [0.4, 0.5) is 5.69 Å². The first-order valence-electron chi connectivity index (χ1n) is 5.69. The number of ether oxygens (including phenoxy) is 3. The molecule has 1 aromatic carbocycles. The third-order valence-electron chi connectivity index (χ3n) is 3.02. The summed E-state index contributed by atoms with van der Waals surface area (Å²) in [6.07, 6.45) is 3.81. The Hall–Kier alpha value is -1.58. The fourth-order valence-corrected chi connectivity index (χ4v) is 1.86. The first kappa shape index (κ1) is 9.63. The van der Waals surface area contributed by atoms with Gasteiger partial charge in [0.1, 0.15) is 19.0 Å². The van der Waals surface area contributed by atoms with Crippen LogP contribution in [0.15, 0.2) is 12.1 Å². The van der Waals surface area contributed by atoms with Crippen molar-refractivity contribution in [2.45, 2.75) is 25.4 Å². The molecule has 1 saturated carbocycles. The Morgan fingerprint density at radius 2 is 1.81 bits per heavy atom. The summed E-state index contributed by atoms with van der Waals surface area (Å²) in [7, 11) is 0. The van der Waals surface area contributed by atoms with E-state index in [2.05, 4.69) is 0 Å². The van der Waals surface area contributed by atoms with E-state index in [1.807, 2.05) is 6.07 Å². The lowest BCUT2D eigenvalue weighted by atomic mass is 9.96. The molecule has 0 bridgehead atoms. The molecule has 0 saturated heterocycles. The van der Waals surface area contributed by atoms with Crippen LogP contribution >= 0.6 is 0 Å². The van der Waals surface area contributed by atoms with Crippen LogP contribution in [0.5, 0.6) is 17.2 Å².